The molecule has 26 heavy (non-hydrogen) atoms. The van der Waals surface area contributed by atoms with Gasteiger partial charge in [-0.1, -0.05) is 6.07 Å². The smallest absolute Gasteiger partial charge is 0.194 e. The van der Waals surface area contributed by atoms with Gasteiger partial charge in [0.1, 0.15) is 5.65 Å². The number of rotatable bonds is 3. The first-order chi connectivity index (χ1) is 12.2. The fourth-order valence-electron chi connectivity index (χ4n) is 3.94. The Labute approximate surface area is 172 Å². The lowest BCUT2D eigenvalue weighted by molar-refractivity contribution is 0.156. The van der Waals surface area contributed by atoms with Crippen molar-refractivity contribution in [2.45, 2.75) is 33.2 Å². The molecule has 0 amide bonds. The van der Waals surface area contributed by atoms with E-state index in [0.717, 1.165) is 50.1 Å². The van der Waals surface area contributed by atoms with Crippen molar-refractivity contribution in [3.05, 3.63) is 35.8 Å². The van der Waals surface area contributed by atoms with Gasteiger partial charge in [0.15, 0.2) is 5.96 Å². The van der Waals surface area contributed by atoms with Crippen molar-refractivity contribution in [1.29, 1.82) is 0 Å². The van der Waals surface area contributed by atoms with Gasteiger partial charge in [0.25, 0.3) is 0 Å². The third-order valence-corrected chi connectivity index (χ3v) is 5.39. The molecule has 2 aliphatic heterocycles. The van der Waals surface area contributed by atoms with Gasteiger partial charge in [0.05, 0.1) is 18.8 Å². The van der Waals surface area contributed by atoms with E-state index in [9.17, 15) is 0 Å². The number of aliphatic imine (C=N–C) groups is 1. The standard InChI is InChI=1S/C19H27N5O.HI/c1-3-20-18(23-9-7-19(13-23)8-10-25-14-19)21-11-16-12-24-15(2)5-4-6-17(24)22-16;/h4-6,12H,3,7-11,13-14H2,1-2H3,(H,20,21);1H. The first-order valence-corrected chi connectivity index (χ1v) is 9.24. The first kappa shape index (κ1) is 19.4. The molecular formula is C19H28IN5O. The third kappa shape index (κ3) is 3.83. The molecule has 6 nitrogen and oxygen atoms in total. The van der Waals surface area contributed by atoms with Crippen LogP contribution in [-0.4, -0.2) is 53.1 Å². The SMILES string of the molecule is CCNC(=NCc1cn2c(C)cccc2n1)N1CCC2(CCOC2)C1.I. The van der Waals surface area contributed by atoms with E-state index in [0.29, 0.717) is 12.0 Å². The monoisotopic (exact) mass is 469 g/mol. The summed E-state index contributed by atoms with van der Waals surface area (Å²) in [5.41, 5.74) is 3.52. The fraction of sp³-hybridized carbons (Fsp3) is 0.579. The molecule has 1 spiro atoms. The van der Waals surface area contributed by atoms with Gasteiger partial charge in [-0.25, -0.2) is 9.98 Å². The summed E-state index contributed by atoms with van der Waals surface area (Å²) in [5, 5.41) is 3.45. The van der Waals surface area contributed by atoms with Gasteiger partial charge < -0.3 is 19.4 Å². The minimum Gasteiger partial charge on any atom is -0.381 e. The predicted octanol–water partition coefficient (Wildman–Crippen LogP) is 2.84. The number of likely N-dealkylation sites (tertiary alicyclic amines) is 1. The van der Waals surface area contributed by atoms with Crippen LogP contribution in [-0.2, 0) is 11.3 Å². The Morgan fingerprint density at radius 2 is 2.27 bits per heavy atom. The number of halogens is 1. The number of fused-ring (bicyclic) bond motifs is 1. The molecule has 2 aromatic rings. The first-order valence-electron chi connectivity index (χ1n) is 9.24. The second-order valence-corrected chi connectivity index (χ2v) is 7.27. The molecule has 2 saturated heterocycles. The Kier molecular flexibility index (Phi) is 6.06. The number of aromatic nitrogens is 2. The molecule has 1 unspecified atom stereocenters. The molecule has 4 heterocycles. The van der Waals surface area contributed by atoms with E-state index < -0.39 is 0 Å². The molecule has 0 bridgehead atoms. The number of pyridine rings is 1. The van der Waals surface area contributed by atoms with Crippen LogP contribution in [0.2, 0.25) is 0 Å². The number of nitrogens with one attached hydrogen (secondary N) is 1. The number of aryl methyl sites for hydroxylation is 1. The van der Waals surface area contributed by atoms with Crippen molar-refractivity contribution < 1.29 is 4.74 Å². The highest BCUT2D eigenvalue weighted by molar-refractivity contribution is 14.0. The van der Waals surface area contributed by atoms with E-state index in [-0.39, 0.29) is 24.0 Å². The van der Waals surface area contributed by atoms with E-state index >= 15 is 0 Å². The van der Waals surface area contributed by atoms with Gasteiger partial charge >= 0.3 is 0 Å². The lowest BCUT2D eigenvalue weighted by Gasteiger charge is -2.24. The van der Waals surface area contributed by atoms with Crippen molar-refractivity contribution in [1.82, 2.24) is 19.6 Å². The van der Waals surface area contributed by atoms with Gasteiger partial charge in [-0.15, -0.1) is 24.0 Å². The Bertz CT molecular complexity index is 781. The maximum absolute atomic E-state index is 5.64. The molecule has 1 N–H and O–H groups in total. The molecule has 2 aliphatic rings. The summed E-state index contributed by atoms with van der Waals surface area (Å²) in [5.74, 6) is 1.00. The second-order valence-electron chi connectivity index (χ2n) is 7.27. The van der Waals surface area contributed by atoms with Crippen LogP contribution in [0.25, 0.3) is 5.65 Å². The molecule has 0 radical (unpaired) electrons. The minimum absolute atomic E-state index is 0. The average molecular weight is 469 g/mol. The quantitative estimate of drug-likeness (QED) is 0.427. The number of guanidine groups is 1. The summed E-state index contributed by atoms with van der Waals surface area (Å²) >= 11 is 0. The van der Waals surface area contributed by atoms with E-state index in [1.54, 1.807) is 0 Å². The highest BCUT2D eigenvalue weighted by atomic mass is 127. The zero-order chi connectivity index (χ0) is 17.3. The van der Waals surface area contributed by atoms with Gasteiger partial charge in [-0.2, -0.15) is 0 Å². The topological polar surface area (TPSA) is 54.2 Å². The lowest BCUT2D eigenvalue weighted by atomic mass is 9.87. The van der Waals surface area contributed by atoms with Gasteiger partial charge in [-0.05, 0) is 38.8 Å². The largest absolute Gasteiger partial charge is 0.381 e. The van der Waals surface area contributed by atoms with Crippen LogP contribution in [0.4, 0.5) is 0 Å². The Morgan fingerprint density at radius 1 is 1.38 bits per heavy atom. The third-order valence-electron chi connectivity index (χ3n) is 5.39. The highest BCUT2D eigenvalue weighted by Gasteiger charge is 2.42. The fourth-order valence-corrected chi connectivity index (χ4v) is 3.94. The molecule has 1 atom stereocenters. The van der Waals surface area contributed by atoms with Crippen LogP contribution >= 0.6 is 24.0 Å². The van der Waals surface area contributed by atoms with E-state index in [1.165, 1.54) is 18.5 Å². The van der Waals surface area contributed by atoms with Crippen LogP contribution in [0.1, 0.15) is 31.2 Å². The Morgan fingerprint density at radius 3 is 3.00 bits per heavy atom. The summed E-state index contributed by atoms with van der Waals surface area (Å²) in [6.07, 6.45) is 4.47. The number of imidazole rings is 1. The van der Waals surface area contributed by atoms with Crippen LogP contribution < -0.4 is 5.32 Å². The zero-order valence-electron chi connectivity index (χ0n) is 15.6. The molecule has 0 aromatic carbocycles. The van der Waals surface area contributed by atoms with E-state index in [4.69, 9.17) is 14.7 Å². The van der Waals surface area contributed by atoms with Crippen LogP contribution in [0.15, 0.2) is 29.4 Å². The molecule has 2 fully saturated rings. The predicted molar refractivity (Wildman–Crippen MR) is 114 cm³/mol. The molecule has 0 saturated carbocycles. The zero-order valence-corrected chi connectivity index (χ0v) is 17.9. The molecule has 0 aliphatic carbocycles. The van der Waals surface area contributed by atoms with E-state index in [1.807, 2.05) is 12.1 Å². The van der Waals surface area contributed by atoms with E-state index in [2.05, 4.69) is 40.7 Å². The van der Waals surface area contributed by atoms with Crippen molar-refractivity contribution in [2.75, 3.05) is 32.8 Å². The normalized spacial score (nSPS) is 23.0. The average Bonchev–Trinajstić information content (AvgIpc) is 3.33. The van der Waals surface area contributed by atoms with Crippen molar-refractivity contribution in [3.63, 3.8) is 0 Å². The second kappa shape index (κ2) is 8.12. The van der Waals surface area contributed by atoms with Crippen molar-refractivity contribution >= 4 is 35.6 Å². The van der Waals surface area contributed by atoms with Gasteiger partial charge in [-0.3, -0.25) is 0 Å². The number of nitrogens with zero attached hydrogens (tertiary/aromatic N) is 4. The minimum atomic E-state index is 0. The van der Waals surface area contributed by atoms with Crippen molar-refractivity contribution in [3.8, 4) is 0 Å². The summed E-state index contributed by atoms with van der Waals surface area (Å²) in [6, 6.07) is 6.18. The summed E-state index contributed by atoms with van der Waals surface area (Å²) in [4.78, 5) is 11.9. The van der Waals surface area contributed by atoms with Gasteiger partial charge in [0, 0.05) is 43.5 Å². The van der Waals surface area contributed by atoms with Crippen LogP contribution in [0, 0.1) is 12.3 Å². The van der Waals surface area contributed by atoms with Gasteiger partial charge in [0.2, 0.25) is 0 Å². The maximum Gasteiger partial charge on any atom is 0.194 e. The summed E-state index contributed by atoms with van der Waals surface area (Å²) < 4.78 is 7.77. The molecule has 4 rings (SSSR count). The van der Waals surface area contributed by atoms with Crippen molar-refractivity contribution in [2.24, 2.45) is 10.4 Å². The lowest BCUT2D eigenvalue weighted by Crippen LogP contribution is -2.41. The highest BCUT2D eigenvalue weighted by Crippen LogP contribution is 2.38. The Balaban J connectivity index is 0.00000196. The van der Waals surface area contributed by atoms with Crippen LogP contribution in [0.5, 0.6) is 0 Å². The summed E-state index contributed by atoms with van der Waals surface area (Å²) in [7, 11) is 0. The summed E-state index contributed by atoms with van der Waals surface area (Å²) in [6.45, 7) is 9.60. The molecule has 2 aromatic heterocycles. The molecular weight excluding hydrogens is 441 g/mol. The number of ether oxygens (including phenoxy) is 1. The Hall–Kier alpha value is -1.35. The maximum atomic E-state index is 5.64. The molecule has 142 valence electrons. The van der Waals surface area contributed by atoms with Crippen LogP contribution in [0.3, 0.4) is 0 Å². The number of hydrogen-bond donors (Lipinski definition) is 1. The number of hydrogen-bond acceptors (Lipinski definition) is 3. The molecule has 7 heteroatoms.